The summed E-state index contributed by atoms with van der Waals surface area (Å²) in [4.78, 5) is 32.2. The zero-order valence-corrected chi connectivity index (χ0v) is 17.1. The number of rotatable bonds is 4. The molecule has 8 nitrogen and oxygen atoms in total. The van der Waals surface area contributed by atoms with Gasteiger partial charge in [0, 0.05) is 35.6 Å². The van der Waals surface area contributed by atoms with Crippen molar-refractivity contribution in [2.75, 3.05) is 19.1 Å². The maximum Gasteiger partial charge on any atom is 0.321 e. The second-order valence-corrected chi connectivity index (χ2v) is 7.65. The van der Waals surface area contributed by atoms with E-state index in [9.17, 15) is 4.79 Å². The second-order valence-electron chi connectivity index (χ2n) is 7.65. The highest BCUT2D eigenvalue weighted by Gasteiger charge is 2.52. The summed E-state index contributed by atoms with van der Waals surface area (Å²) in [7, 11) is 3.00. The van der Waals surface area contributed by atoms with Gasteiger partial charge >= 0.3 is 6.01 Å². The Kier molecular flexibility index (Phi) is 4.56. The predicted octanol–water partition coefficient (Wildman–Crippen LogP) is 2.95. The molecule has 2 aromatic heterocycles. The van der Waals surface area contributed by atoms with Crippen molar-refractivity contribution < 1.29 is 14.3 Å². The lowest BCUT2D eigenvalue weighted by Crippen LogP contribution is -2.32. The van der Waals surface area contributed by atoms with Crippen LogP contribution in [0, 0.1) is 18.3 Å². The molecule has 1 atom stereocenters. The van der Waals surface area contributed by atoms with Gasteiger partial charge in [-0.3, -0.25) is 9.69 Å². The number of amides is 1. The summed E-state index contributed by atoms with van der Waals surface area (Å²) < 4.78 is 10.5. The van der Waals surface area contributed by atoms with Gasteiger partial charge in [0.25, 0.3) is 0 Å². The molecule has 4 rings (SSSR count). The first kappa shape index (κ1) is 19.0. The number of anilines is 1. The van der Waals surface area contributed by atoms with E-state index in [-0.39, 0.29) is 17.8 Å². The van der Waals surface area contributed by atoms with Gasteiger partial charge in [0.15, 0.2) is 5.82 Å². The molecule has 0 bridgehead atoms. The summed E-state index contributed by atoms with van der Waals surface area (Å²) >= 11 is 0. The molecule has 1 saturated heterocycles. The highest BCUT2D eigenvalue weighted by atomic mass is 16.5. The Balaban J connectivity index is 1.82. The zero-order valence-electron chi connectivity index (χ0n) is 17.1. The van der Waals surface area contributed by atoms with Gasteiger partial charge in [-0.05, 0) is 25.0 Å². The molecule has 8 heteroatoms. The molecular formula is C21H23N5O3. The van der Waals surface area contributed by atoms with Crippen molar-refractivity contribution in [2.24, 2.45) is 11.3 Å². The Hall–Kier alpha value is -3.29. The molecule has 0 spiro atoms. The quantitative estimate of drug-likeness (QED) is 0.789. The molecule has 2 aromatic rings. The highest BCUT2D eigenvalue weighted by Crippen LogP contribution is 2.50. The Morgan fingerprint density at radius 2 is 1.86 bits per heavy atom. The fourth-order valence-electron chi connectivity index (χ4n) is 3.81. The van der Waals surface area contributed by atoms with Crippen LogP contribution in [-0.4, -0.2) is 40.1 Å². The van der Waals surface area contributed by atoms with E-state index in [1.54, 1.807) is 23.4 Å². The van der Waals surface area contributed by atoms with Crippen molar-refractivity contribution >= 4 is 17.3 Å². The van der Waals surface area contributed by atoms with Crippen molar-refractivity contribution in [1.29, 1.82) is 0 Å². The SMILES string of the molecule is COc1cc(N2C(=O)C(C)(C)C3CC=C(c4cnc(C)nc4)C=C32)nc(OC)n1. The lowest BCUT2D eigenvalue weighted by molar-refractivity contribution is -0.125. The smallest absolute Gasteiger partial charge is 0.321 e. The van der Waals surface area contributed by atoms with Crippen LogP contribution in [-0.2, 0) is 4.79 Å². The van der Waals surface area contributed by atoms with E-state index in [2.05, 4.69) is 26.0 Å². The monoisotopic (exact) mass is 393 g/mol. The van der Waals surface area contributed by atoms with Crippen LogP contribution < -0.4 is 14.4 Å². The van der Waals surface area contributed by atoms with Crippen LogP contribution in [0.4, 0.5) is 5.82 Å². The third-order valence-corrected chi connectivity index (χ3v) is 5.52. The number of carbonyl (C=O) groups is 1. The minimum Gasteiger partial charge on any atom is -0.481 e. The summed E-state index contributed by atoms with van der Waals surface area (Å²) in [6.07, 6.45) is 8.50. The van der Waals surface area contributed by atoms with Gasteiger partial charge in [-0.25, -0.2) is 9.97 Å². The van der Waals surface area contributed by atoms with Crippen molar-refractivity contribution in [3.8, 4) is 11.9 Å². The lowest BCUT2D eigenvalue weighted by Gasteiger charge is -2.25. The normalized spacial score (nSPS) is 20.1. The van der Waals surface area contributed by atoms with Crippen LogP contribution in [0.5, 0.6) is 11.9 Å². The Labute approximate surface area is 169 Å². The Morgan fingerprint density at radius 3 is 2.52 bits per heavy atom. The topological polar surface area (TPSA) is 90.3 Å². The fourth-order valence-corrected chi connectivity index (χ4v) is 3.81. The largest absolute Gasteiger partial charge is 0.481 e. The highest BCUT2D eigenvalue weighted by molar-refractivity contribution is 6.04. The van der Waals surface area contributed by atoms with Crippen LogP contribution in [0.15, 0.2) is 36.3 Å². The average molecular weight is 393 g/mol. The molecule has 1 amide bonds. The summed E-state index contributed by atoms with van der Waals surface area (Å²) in [5.41, 5.74) is 2.22. The van der Waals surface area contributed by atoms with Crippen molar-refractivity contribution in [2.45, 2.75) is 27.2 Å². The van der Waals surface area contributed by atoms with Gasteiger partial charge in [0.05, 0.1) is 19.6 Å². The third-order valence-electron chi connectivity index (χ3n) is 5.52. The molecule has 0 saturated carbocycles. The predicted molar refractivity (Wildman–Crippen MR) is 107 cm³/mol. The van der Waals surface area contributed by atoms with E-state index < -0.39 is 5.41 Å². The zero-order chi connectivity index (χ0) is 20.8. The van der Waals surface area contributed by atoms with Gasteiger partial charge in [0.2, 0.25) is 11.8 Å². The number of hydrogen-bond acceptors (Lipinski definition) is 7. The molecule has 1 fully saturated rings. The standard InChI is InChI=1S/C21H23N5O3/c1-12-22-10-14(11-23-12)13-6-7-15-16(8-13)26(19(27)21(15,2)3)17-9-18(28-4)25-20(24-17)29-5/h6,8-11,15H,7H2,1-5H3. The van der Waals surface area contributed by atoms with Gasteiger partial charge in [-0.15, -0.1) is 0 Å². The molecule has 0 radical (unpaired) electrons. The van der Waals surface area contributed by atoms with E-state index in [1.165, 1.54) is 14.2 Å². The van der Waals surface area contributed by atoms with E-state index in [4.69, 9.17) is 9.47 Å². The first-order valence-electron chi connectivity index (χ1n) is 9.37. The summed E-state index contributed by atoms with van der Waals surface area (Å²) in [6, 6.07) is 1.79. The van der Waals surface area contributed by atoms with Gasteiger partial charge in [0.1, 0.15) is 5.82 Å². The summed E-state index contributed by atoms with van der Waals surface area (Å²) in [5, 5.41) is 0. The van der Waals surface area contributed by atoms with E-state index in [0.29, 0.717) is 11.7 Å². The van der Waals surface area contributed by atoms with Crippen molar-refractivity contribution in [3.05, 3.63) is 47.7 Å². The van der Waals surface area contributed by atoms with Crippen LogP contribution in [0.2, 0.25) is 0 Å². The number of allylic oxidation sites excluding steroid dienone is 4. The Bertz CT molecular complexity index is 1000. The first-order chi connectivity index (χ1) is 13.8. The average Bonchev–Trinajstić information content (AvgIpc) is 2.93. The molecule has 1 unspecified atom stereocenters. The fraction of sp³-hybridized carbons (Fsp3) is 0.381. The number of ether oxygens (including phenoxy) is 2. The van der Waals surface area contributed by atoms with E-state index in [0.717, 1.165) is 29.1 Å². The third kappa shape index (κ3) is 3.14. The molecule has 29 heavy (non-hydrogen) atoms. The van der Waals surface area contributed by atoms with Crippen molar-refractivity contribution in [1.82, 2.24) is 19.9 Å². The number of fused-ring (bicyclic) bond motifs is 1. The molecule has 1 aliphatic carbocycles. The summed E-state index contributed by atoms with van der Waals surface area (Å²) in [5.74, 6) is 1.50. The minimum absolute atomic E-state index is 0.0219. The van der Waals surface area contributed by atoms with Crippen LogP contribution in [0.3, 0.4) is 0 Å². The molecule has 0 N–H and O–H groups in total. The number of carbonyl (C=O) groups excluding carboxylic acids is 1. The number of hydrogen-bond donors (Lipinski definition) is 0. The lowest BCUT2D eigenvalue weighted by atomic mass is 9.75. The van der Waals surface area contributed by atoms with Crippen LogP contribution >= 0.6 is 0 Å². The maximum atomic E-state index is 13.4. The molecule has 2 aliphatic rings. The van der Waals surface area contributed by atoms with Crippen molar-refractivity contribution in [3.63, 3.8) is 0 Å². The second kappa shape index (κ2) is 6.95. The molecule has 0 aromatic carbocycles. The molecular weight excluding hydrogens is 370 g/mol. The minimum atomic E-state index is -0.566. The van der Waals surface area contributed by atoms with Crippen LogP contribution in [0.25, 0.3) is 5.57 Å². The molecule has 1 aliphatic heterocycles. The van der Waals surface area contributed by atoms with E-state index in [1.807, 2.05) is 26.8 Å². The number of methoxy groups -OCH3 is 2. The Morgan fingerprint density at radius 1 is 1.14 bits per heavy atom. The maximum absolute atomic E-state index is 13.4. The molecule has 150 valence electrons. The van der Waals surface area contributed by atoms with Crippen LogP contribution in [0.1, 0.15) is 31.7 Å². The van der Waals surface area contributed by atoms with Gasteiger partial charge in [-0.2, -0.15) is 9.97 Å². The van der Waals surface area contributed by atoms with Gasteiger partial charge in [-0.1, -0.05) is 19.9 Å². The number of aryl methyl sites for hydroxylation is 1. The summed E-state index contributed by atoms with van der Waals surface area (Å²) in [6.45, 7) is 5.79. The first-order valence-corrected chi connectivity index (χ1v) is 9.37. The number of aromatic nitrogens is 4. The number of nitrogens with zero attached hydrogens (tertiary/aromatic N) is 5. The van der Waals surface area contributed by atoms with Gasteiger partial charge < -0.3 is 9.47 Å². The molecule has 3 heterocycles. The van der Waals surface area contributed by atoms with E-state index >= 15 is 0 Å².